The Morgan fingerprint density at radius 1 is 0.605 bits per heavy atom. The lowest BCUT2D eigenvalue weighted by Crippen LogP contribution is -2.21. The Bertz CT molecular complexity index is 1470. The number of hydrogen-bond acceptors (Lipinski definition) is 0. The molecule has 0 heterocycles. The lowest BCUT2D eigenvalue weighted by Gasteiger charge is -2.20. The Labute approximate surface area is 214 Å². The lowest BCUT2D eigenvalue weighted by atomic mass is 9.92. The summed E-state index contributed by atoms with van der Waals surface area (Å²) in [5.41, 5.74) is -1.76. The molecule has 0 saturated carbocycles. The monoisotopic (exact) mass is 534 g/mol. The fourth-order valence-corrected chi connectivity index (χ4v) is 4.49. The highest BCUT2D eigenvalue weighted by Crippen LogP contribution is 2.40. The van der Waals surface area contributed by atoms with Gasteiger partial charge in [-0.1, -0.05) is 25.1 Å². The Morgan fingerprint density at radius 3 is 1.68 bits per heavy atom. The van der Waals surface area contributed by atoms with Crippen molar-refractivity contribution < 1.29 is 35.1 Å². The molecule has 0 spiro atoms. The summed E-state index contributed by atoms with van der Waals surface area (Å²) in [5.74, 6) is -11.1. The van der Waals surface area contributed by atoms with E-state index < -0.39 is 58.4 Å². The zero-order valence-corrected chi connectivity index (χ0v) is 20.6. The van der Waals surface area contributed by atoms with Crippen LogP contribution in [0.5, 0.6) is 0 Å². The van der Waals surface area contributed by atoms with Crippen LogP contribution in [0.3, 0.4) is 0 Å². The van der Waals surface area contributed by atoms with Gasteiger partial charge in [-0.15, -0.1) is 0 Å². The number of alkyl halides is 2. The molecule has 0 aliphatic carbocycles. The molecule has 0 aliphatic heterocycles. The van der Waals surface area contributed by atoms with E-state index in [0.717, 1.165) is 18.6 Å². The molecular weight excluding hydrogens is 512 g/mol. The van der Waals surface area contributed by atoms with Gasteiger partial charge in [0, 0.05) is 23.1 Å². The summed E-state index contributed by atoms with van der Waals surface area (Å²) in [4.78, 5) is 0. The Morgan fingerprint density at radius 2 is 1.16 bits per heavy atom. The van der Waals surface area contributed by atoms with Crippen molar-refractivity contribution in [1.82, 2.24) is 0 Å². The predicted octanol–water partition coefficient (Wildman–Crippen LogP) is 9.37. The SMILES string of the molecule is CCc1ccc(-c2cc(C)c(-c3cc(F)c(C(F)(F)Cc4cc(F)c(C)c(F)c4)c(F)c3)c(F)c2)c(F)c1. The second kappa shape index (κ2) is 10.2. The van der Waals surface area contributed by atoms with Gasteiger partial charge in [-0.3, -0.25) is 0 Å². The molecule has 38 heavy (non-hydrogen) atoms. The molecule has 4 aromatic carbocycles. The van der Waals surface area contributed by atoms with Crippen molar-refractivity contribution in [3.8, 4) is 22.3 Å². The molecule has 0 nitrogen and oxygen atoms in total. The van der Waals surface area contributed by atoms with Crippen molar-refractivity contribution >= 4 is 0 Å². The summed E-state index contributed by atoms with van der Waals surface area (Å²) < 4.78 is 117. The molecular formula is C30H22F8. The average molecular weight is 534 g/mol. The maximum atomic E-state index is 15.2. The van der Waals surface area contributed by atoms with Gasteiger partial charge < -0.3 is 0 Å². The molecule has 0 fully saturated rings. The third-order valence-corrected chi connectivity index (χ3v) is 6.50. The second-order valence-electron chi connectivity index (χ2n) is 9.20. The summed E-state index contributed by atoms with van der Waals surface area (Å²) in [6.45, 7) is 4.42. The molecule has 0 atom stereocenters. The highest BCUT2D eigenvalue weighted by molar-refractivity contribution is 5.75. The van der Waals surface area contributed by atoms with Crippen LogP contribution in [0.2, 0.25) is 0 Å². The molecule has 0 saturated heterocycles. The molecule has 0 aromatic heterocycles. The minimum Gasteiger partial charge on any atom is -0.207 e. The van der Waals surface area contributed by atoms with Crippen molar-refractivity contribution in [1.29, 1.82) is 0 Å². The van der Waals surface area contributed by atoms with E-state index in [9.17, 15) is 30.7 Å². The van der Waals surface area contributed by atoms with Gasteiger partial charge in [0.1, 0.15) is 34.9 Å². The van der Waals surface area contributed by atoms with Gasteiger partial charge >= 0.3 is 0 Å². The standard InChI is InChI=1S/C30H22F8/c1-4-17-5-6-21(24(33)8-17)19-7-15(2)28(25(34)11-19)20-12-26(35)29(27(36)13-20)30(37,38)14-18-9-22(31)16(3)23(32)10-18/h5-13H,4,14H2,1-3H3. The molecule has 0 aliphatic rings. The van der Waals surface area contributed by atoms with Crippen LogP contribution < -0.4 is 0 Å². The first-order valence-corrected chi connectivity index (χ1v) is 11.7. The van der Waals surface area contributed by atoms with Gasteiger partial charge in [-0.05, 0) is 84.5 Å². The Hall–Kier alpha value is -3.68. The maximum Gasteiger partial charge on any atom is 0.282 e. The minimum absolute atomic E-state index is 0.132. The van der Waals surface area contributed by atoms with Crippen LogP contribution in [-0.4, -0.2) is 0 Å². The number of rotatable bonds is 6. The van der Waals surface area contributed by atoms with Crippen LogP contribution in [0, 0.1) is 48.8 Å². The van der Waals surface area contributed by atoms with E-state index in [1.165, 1.54) is 25.1 Å². The van der Waals surface area contributed by atoms with E-state index in [0.29, 0.717) is 30.7 Å². The van der Waals surface area contributed by atoms with E-state index in [1.54, 1.807) is 6.07 Å². The summed E-state index contributed by atoms with van der Waals surface area (Å²) in [6.07, 6.45) is -0.757. The summed E-state index contributed by atoms with van der Waals surface area (Å²) in [6, 6.07) is 9.47. The van der Waals surface area contributed by atoms with E-state index >= 15 is 4.39 Å². The minimum atomic E-state index is -4.17. The second-order valence-corrected chi connectivity index (χ2v) is 9.20. The Balaban J connectivity index is 1.72. The highest BCUT2D eigenvalue weighted by Gasteiger charge is 2.39. The highest BCUT2D eigenvalue weighted by atomic mass is 19.3. The zero-order valence-electron chi connectivity index (χ0n) is 20.6. The molecule has 0 amide bonds. The van der Waals surface area contributed by atoms with Gasteiger partial charge in [0.25, 0.3) is 5.92 Å². The zero-order chi connectivity index (χ0) is 27.9. The fraction of sp³-hybridized carbons (Fsp3) is 0.200. The summed E-state index contributed by atoms with van der Waals surface area (Å²) in [5, 5.41) is 0. The van der Waals surface area contributed by atoms with E-state index in [1.807, 2.05) is 6.92 Å². The van der Waals surface area contributed by atoms with E-state index in [-0.39, 0.29) is 33.4 Å². The number of benzene rings is 4. The number of halogens is 8. The first-order chi connectivity index (χ1) is 17.8. The van der Waals surface area contributed by atoms with Gasteiger partial charge in [0.05, 0.1) is 5.56 Å². The third-order valence-electron chi connectivity index (χ3n) is 6.50. The molecule has 0 radical (unpaired) electrons. The van der Waals surface area contributed by atoms with Crippen molar-refractivity contribution in [2.24, 2.45) is 0 Å². The fourth-order valence-electron chi connectivity index (χ4n) is 4.49. The van der Waals surface area contributed by atoms with Crippen LogP contribution in [0.1, 0.15) is 34.7 Å². The van der Waals surface area contributed by atoms with Gasteiger partial charge in [0.2, 0.25) is 0 Å². The summed E-state index contributed by atoms with van der Waals surface area (Å²) in [7, 11) is 0. The molecule has 0 bridgehead atoms. The average Bonchev–Trinajstić information content (AvgIpc) is 2.81. The largest absolute Gasteiger partial charge is 0.282 e. The van der Waals surface area contributed by atoms with Crippen molar-refractivity contribution in [3.05, 3.63) is 117 Å². The van der Waals surface area contributed by atoms with Gasteiger partial charge in [0.15, 0.2) is 0 Å². The van der Waals surface area contributed by atoms with Crippen LogP contribution in [0.25, 0.3) is 22.3 Å². The van der Waals surface area contributed by atoms with Gasteiger partial charge in [-0.2, -0.15) is 0 Å². The van der Waals surface area contributed by atoms with Crippen molar-refractivity contribution in [3.63, 3.8) is 0 Å². The topological polar surface area (TPSA) is 0 Å². The van der Waals surface area contributed by atoms with E-state index in [2.05, 4.69) is 0 Å². The Kier molecular flexibility index (Phi) is 7.37. The molecule has 0 N–H and O–H groups in total. The first-order valence-electron chi connectivity index (χ1n) is 11.7. The van der Waals surface area contributed by atoms with E-state index in [4.69, 9.17) is 0 Å². The molecule has 4 rings (SSSR count). The molecule has 4 aromatic rings. The maximum absolute atomic E-state index is 15.2. The molecule has 8 heteroatoms. The summed E-state index contributed by atoms with van der Waals surface area (Å²) >= 11 is 0. The normalized spacial score (nSPS) is 11.8. The van der Waals surface area contributed by atoms with Crippen molar-refractivity contribution in [2.45, 2.75) is 39.5 Å². The predicted molar refractivity (Wildman–Crippen MR) is 130 cm³/mol. The van der Waals surface area contributed by atoms with Crippen LogP contribution in [0.15, 0.2) is 54.6 Å². The smallest absolute Gasteiger partial charge is 0.207 e. The molecule has 0 unspecified atom stereocenters. The van der Waals surface area contributed by atoms with Crippen molar-refractivity contribution in [2.75, 3.05) is 0 Å². The number of aryl methyl sites for hydroxylation is 2. The van der Waals surface area contributed by atoms with Crippen LogP contribution in [0.4, 0.5) is 35.1 Å². The lowest BCUT2D eigenvalue weighted by molar-refractivity contribution is -0.0110. The molecule has 198 valence electrons. The van der Waals surface area contributed by atoms with Crippen LogP contribution >= 0.6 is 0 Å². The van der Waals surface area contributed by atoms with Crippen LogP contribution in [-0.2, 0) is 18.8 Å². The third kappa shape index (κ3) is 5.17. The van der Waals surface area contributed by atoms with Gasteiger partial charge in [-0.25, -0.2) is 35.1 Å². The number of hydrogen-bond donors (Lipinski definition) is 0. The quantitative estimate of drug-likeness (QED) is 0.216. The first kappa shape index (κ1) is 27.4.